The lowest BCUT2D eigenvalue weighted by atomic mass is 10.1. The van der Waals surface area contributed by atoms with Gasteiger partial charge < -0.3 is 24.7 Å². The molecule has 2 rings (SSSR count). The normalized spacial score (nSPS) is 18.3. The molecule has 2 heterocycles. The van der Waals surface area contributed by atoms with Crippen LogP contribution in [0.2, 0.25) is 0 Å². The van der Waals surface area contributed by atoms with Gasteiger partial charge >= 0.3 is 18.4 Å². The van der Waals surface area contributed by atoms with Gasteiger partial charge in [-0.1, -0.05) is 0 Å². The topological polar surface area (TPSA) is 108 Å². The van der Waals surface area contributed by atoms with E-state index in [4.69, 9.17) is 14.9 Å². The Kier molecular flexibility index (Phi) is 5.28. The highest BCUT2D eigenvalue weighted by Gasteiger charge is 2.35. The molecule has 1 aromatic rings. The predicted molar refractivity (Wildman–Crippen MR) is 76.4 cm³/mol. The van der Waals surface area contributed by atoms with Crippen molar-refractivity contribution < 1.29 is 37.7 Å². The zero-order valence-corrected chi connectivity index (χ0v) is 13.2. The van der Waals surface area contributed by atoms with E-state index in [0.717, 1.165) is 20.5 Å². The highest BCUT2D eigenvalue weighted by atomic mass is 19.4. The van der Waals surface area contributed by atoms with Crippen molar-refractivity contribution in [1.29, 1.82) is 0 Å². The number of piperazine rings is 1. The fourth-order valence-electron chi connectivity index (χ4n) is 2.55. The first kappa shape index (κ1) is 18.7. The fraction of sp³-hybridized carbons (Fsp3) is 0.615. The molecule has 2 amide bonds. The van der Waals surface area contributed by atoms with E-state index in [0.29, 0.717) is 0 Å². The highest BCUT2D eigenvalue weighted by molar-refractivity contribution is 5.68. The number of hydrogen-bond acceptors (Lipinski definition) is 4. The number of amides is 2. The minimum absolute atomic E-state index is 0.0236. The lowest BCUT2D eigenvalue weighted by Gasteiger charge is -2.38. The van der Waals surface area contributed by atoms with Crippen molar-refractivity contribution in [2.45, 2.75) is 18.6 Å². The van der Waals surface area contributed by atoms with Crippen LogP contribution in [0, 0.1) is 0 Å². The Morgan fingerprint density at radius 1 is 1.32 bits per heavy atom. The van der Waals surface area contributed by atoms with Crippen LogP contribution in [-0.2, 0) is 13.2 Å². The molecule has 1 atom stereocenters. The van der Waals surface area contributed by atoms with E-state index in [-0.39, 0.29) is 38.5 Å². The highest BCUT2D eigenvalue weighted by Crippen LogP contribution is 2.30. The van der Waals surface area contributed by atoms with Crippen molar-refractivity contribution in [2.75, 3.05) is 26.2 Å². The minimum atomic E-state index is -4.59. The third kappa shape index (κ3) is 4.45. The third-order valence-electron chi connectivity index (χ3n) is 3.83. The van der Waals surface area contributed by atoms with Gasteiger partial charge in [-0.2, -0.15) is 18.3 Å². The van der Waals surface area contributed by atoms with Gasteiger partial charge in [-0.25, -0.2) is 14.3 Å². The van der Waals surface area contributed by atoms with Crippen LogP contribution in [0.25, 0.3) is 0 Å². The summed E-state index contributed by atoms with van der Waals surface area (Å²) in [6.45, 7) is -0.0190. The SMILES string of the molecule is Cn1nc(C(F)(F)F)cc1OCC[C@@H]1CN(C(=O)O)CCN1C(=O)O. The molecule has 25 heavy (non-hydrogen) atoms. The number of hydrogen-bond donors (Lipinski definition) is 2. The summed E-state index contributed by atoms with van der Waals surface area (Å²) in [6.07, 6.45) is -6.81. The van der Waals surface area contributed by atoms with Gasteiger partial charge in [0.05, 0.1) is 12.6 Å². The second-order valence-electron chi connectivity index (χ2n) is 5.48. The second kappa shape index (κ2) is 7.07. The summed E-state index contributed by atoms with van der Waals surface area (Å²) in [5, 5.41) is 21.5. The molecule has 0 aliphatic carbocycles. The molecule has 0 saturated carbocycles. The number of carbonyl (C=O) groups is 2. The maximum Gasteiger partial charge on any atom is 0.435 e. The van der Waals surface area contributed by atoms with Gasteiger partial charge in [0.2, 0.25) is 5.88 Å². The van der Waals surface area contributed by atoms with E-state index < -0.39 is 30.1 Å². The molecule has 12 heteroatoms. The summed E-state index contributed by atoms with van der Waals surface area (Å²) < 4.78 is 44.0. The summed E-state index contributed by atoms with van der Waals surface area (Å²) in [4.78, 5) is 24.4. The number of halogens is 3. The van der Waals surface area contributed by atoms with E-state index in [2.05, 4.69) is 5.10 Å². The Morgan fingerprint density at radius 3 is 2.52 bits per heavy atom. The van der Waals surface area contributed by atoms with Crippen LogP contribution >= 0.6 is 0 Å². The first-order valence-corrected chi connectivity index (χ1v) is 7.31. The molecule has 0 spiro atoms. The second-order valence-corrected chi connectivity index (χ2v) is 5.48. The number of rotatable bonds is 4. The van der Waals surface area contributed by atoms with Gasteiger partial charge in [-0.3, -0.25) is 0 Å². The Balaban J connectivity index is 1.97. The van der Waals surface area contributed by atoms with E-state index in [1.807, 2.05) is 0 Å². The molecule has 2 N–H and O–H groups in total. The molecule has 9 nitrogen and oxygen atoms in total. The van der Waals surface area contributed by atoms with Gasteiger partial charge in [0.15, 0.2) is 5.69 Å². The van der Waals surface area contributed by atoms with Crippen LogP contribution in [0.3, 0.4) is 0 Å². The number of aryl methyl sites for hydroxylation is 1. The monoisotopic (exact) mass is 366 g/mol. The van der Waals surface area contributed by atoms with Crippen molar-refractivity contribution >= 4 is 12.2 Å². The largest absolute Gasteiger partial charge is 0.478 e. The lowest BCUT2D eigenvalue weighted by Crippen LogP contribution is -2.56. The van der Waals surface area contributed by atoms with Crippen molar-refractivity contribution in [1.82, 2.24) is 19.6 Å². The molecule has 1 fully saturated rings. The van der Waals surface area contributed by atoms with Crippen LogP contribution in [0.4, 0.5) is 22.8 Å². The van der Waals surface area contributed by atoms with E-state index in [1.54, 1.807) is 0 Å². The summed E-state index contributed by atoms with van der Waals surface area (Å²) >= 11 is 0. The van der Waals surface area contributed by atoms with E-state index in [9.17, 15) is 22.8 Å². The summed E-state index contributed by atoms with van der Waals surface area (Å²) in [7, 11) is 1.29. The Bertz CT molecular complexity index is 648. The maximum absolute atomic E-state index is 12.6. The zero-order chi connectivity index (χ0) is 18.8. The number of alkyl halides is 3. The molecule has 0 bridgehead atoms. The fourth-order valence-corrected chi connectivity index (χ4v) is 2.55. The Morgan fingerprint density at radius 2 is 2.00 bits per heavy atom. The van der Waals surface area contributed by atoms with Gasteiger partial charge in [0.25, 0.3) is 0 Å². The molecule has 140 valence electrons. The molecule has 1 aliphatic rings. The van der Waals surface area contributed by atoms with Crippen molar-refractivity contribution in [2.24, 2.45) is 7.05 Å². The molecule has 1 saturated heterocycles. The molecular weight excluding hydrogens is 349 g/mol. The molecule has 1 aliphatic heterocycles. The van der Waals surface area contributed by atoms with Crippen LogP contribution in [-0.4, -0.2) is 74.3 Å². The first-order chi connectivity index (χ1) is 11.6. The number of nitrogens with zero attached hydrogens (tertiary/aromatic N) is 4. The predicted octanol–water partition coefficient (Wildman–Crippen LogP) is 1.55. The standard InChI is InChI=1S/C13H17F3N4O5/c1-18-10(6-9(17-18)13(14,15)16)25-5-2-8-7-19(11(21)22)3-4-20(8)12(23)24/h6,8H,2-5,7H2,1H3,(H,21,22)(H,23,24)/t8-/m1/s1. The zero-order valence-electron chi connectivity index (χ0n) is 13.2. The number of carboxylic acid groups (broad SMARTS) is 2. The summed E-state index contributed by atoms with van der Waals surface area (Å²) in [5.41, 5.74) is -1.09. The van der Waals surface area contributed by atoms with E-state index in [1.165, 1.54) is 7.05 Å². The Hall–Kier alpha value is -2.66. The molecule has 1 aromatic heterocycles. The van der Waals surface area contributed by atoms with Gasteiger partial charge in [-0.15, -0.1) is 0 Å². The average molecular weight is 366 g/mol. The summed E-state index contributed by atoms with van der Waals surface area (Å²) in [6, 6.07) is 0.108. The third-order valence-corrected chi connectivity index (χ3v) is 3.83. The van der Waals surface area contributed by atoms with Crippen LogP contribution in [0.15, 0.2) is 6.07 Å². The quantitative estimate of drug-likeness (QED) is 0.837. The maximum atomic E-state index is 12.6. The van der Waals surface area contributed by atoms with Crippen molar-refractivity contribution in [3.8, 4) is 5.88 Å². The van der Waals surface area contributed by atoms with Crippen LogP contribution in [0.5, 0.6) is 5.88 Å². The number of aromatic nitrogens is 2. The van der Waals surface area contributed by atoms with E-state index >= 15 is 0 Å². The smallest absolute Gasteiger partial charge is 0.435 e. The van der Waals surface area contributed by atoms with Crippen molar-refractivity contribution in [3.05, 3.63) is 11.8 Å². The van der Waals surface area contributed by atoms with Gasteiger partial charge in [0, 0.05) is 39.2 Å². The minimum Gasteiger partial charge on any atom is -0.478 e. The Labute approximate surface area is 140 Å². The van der Waals surface area contributed by atoms with Gasteiger partial charge in [0.1, 0.15) is 0 Å². The van der Waals surface area contributed by atoms with Crippen LogP contribution < -0.4 is 4.74 Å². The van der Waals surface area contributed by atoms with Crippen molar-refractivity contribution in [3.63, 3.8) is 0 Å². The molecule has 0 radical (unpaired) electrons. The number of ether oxygens (including phenoxy) is 1. The first-order valence-electron chi connectivity index (χ1n) is 7.31. The lowest BCUT2D eigenvalue weighted by molar-refractivity contribution is -0.141. The molecule has 0 unspecified atom stereocenters. The molecule has 0 aromatic carbocycles. The summed E-state index contributed by atoms with van der Waals surface area (Å²) in [5.74, 6) is -0.111. The van der Waals surface area contributed by atoms with Gasteiger partial charge in [-0.05, 0) is 0 Å². The van der Waals surface area contributed by atoms with Crippen LogP contribution in [0.1, 0.15) is 12.1 Å². The average Bonchev–Trinajstić information content (AvgIpc) is 2.88. The molecular formula is C13H17F3N4O5.